The molecule has 0 fully saturated rings. The zero-order valence-corrected chi connectivity index (χ0v) is 18.5. The second-order valence-electron chi connectivity index (χ2n) is 6.21. The van der Waals surface area contributed by atoms with Crippen LogP contribution in [0.3, 0.4) is 0 Å². The Morgan fingerprint density at radius 2 is 1.80 bits per heavy atom. The van der Waals surface area contributed by atoms with Crippen molar-refractivity contribution in [1.29, 1.82) is 5.26 Å². The lowest BCUT2D eigenvalue weighted by Crippen LogP contribution is -1.97. The topological polar surface area (TPSA) is 76.2 Å². The fourth-order valence-corrected chi connectivity index (χ4v) is 4.12. The number of halogens is 3. The molecule has 0 saturated carbocycles. The molecule has 0 aliphatic rings. The van der Waals surface area contributed by atoms with Gasteiger partial charge in [0.1, 0.15) is 18.2 Å². The highest BCUT2D eigenvalue weighted by molar-refractivity contribution is 9.11. The van der Waals surface area contributed by atoms with Crippen molar-refractivity contribution < 1.29 is 14.1 Å². The van der Waals surface area contributed by atoms with Crippen molar-refractivity contribution in [3.63, 3.8) is 0 Å². The van der Waals surface area contributed by atoms with Gasteiger partial charge in [-0.1, -0.05) is 24.3 Å². The van der Waals surface area contributed by atoms with E-state index in [1.54, 1.807) is 36.4 Å². The first-order valence-corrected chi connectivity index (χ1v) is 10.2. The highest BCUT2D eigenvalue weighted by Crippen LogP contribution is 2.36. The molecule has 0 atom stereocenters. The lowest BCUT2D eigenvalue weighted by Gasteiger charge is -2.12. The van der Waals surface area contributed by atoms with Crippen LogP contribution < -0.4 is 4.74 Å². The minimum absolute atomic E-state index is 0.0828. The van der Waals surface area contributed by atoms with Crippen LogP contribution in [0.4, 0.5) is 10.1 Å². The van der Waals surface area contributed by atoms with E-state index < -0.39 is 4.92 Å². The van der Waals surface area contributed by atoms with Gasteiger partial charge in [-0.3, -0.25) is 10.1 Å². The molecule has 0 heterocycles. The number of allylic oxidation sites excluding steroid dienone is 1. The normalized spacial score (nSPS) is 11.1. The summed E-state index contributed by atoms with van der Waals surface area (Å²) >= 11 is 6.93. The predicted molar refractivity (Wildman–Crippen MR) is 119 cm³/mol. The van der Waals surface area contributed by atoms with Gasteiger partial charge in [0, 0.05) is 12.1 Å². The van der Waals surface area contributed by atoms with Crippen LogP contribution in [0.1, 0.15) is 16.7 Å². The van der Waals surface area contributed by atoms with Crippen molar-refractivity contribution in [3.05, 3.63) is 102 Å². The van der Waals surface area contributed by atoms with Gasteiger partial charge in [0.15, 0.2) is 0 Å². The number of non-ortho nitro benzene ring substituents is 1. The number of hydrogen-bond donors (Lipinski definition) is 0. The van der Waals surface area contributed by atoms with E-state index in [0.717, 1.165) is 5.56 Å². The standard InChI is InChI=1S/C22H13Br2FN2O3/c23-20-9-15(8-17(12-26)16-2-1-3-19(11-16)27(28)29)10-21(24)22(20)30-13-14-4-6-18(25)7-5-14/h1-11H,13H2/b17-8-. The van der Waals surface area contributed by atoms with E-state index in [0.29, 0.717) is 25.8 Å². The van der Waals surface area contributed by atoms with Gasteiger partial charge in [-0.05, 0) is 78.9 Å². The highest BCUT2D eigenvalue weighted by Gasteiger charge is 2.12. The molecule has 0 amide bonds. The summed E-state index contributed by atoms with van der Waals surface area (Å²) in [5, 5.41) is 20.5. The molecule has 8 heteroatoms. The summed E-state index contributed by atoms with van der Waals surface area (Å²) in [6.45, 7) is 0.254. The van der Waals surface area contributed by atoms with Crippen LogP contribution in [0, 0.1) is 27.3 Å². The number of benzene rings is 3. The van der Waals surface area contributed by atoms with Gasteiger partial charge < -0.3 is 4.74 Å². The Kier molecular flexibility index (Phi) is 6.98. The van der Waals surface area contributed by atoms with Gasteiger partial charge in [-0.15, -0.1) is 0 Å². The molecular weight excluding hydrogens is 519 g/mol. The van der Waals surface area contributed by atoms with Crippen molar-refractivity contribution in [2.24, 2.45) is 0 Å². The molecule has 0 unspecified atom stereocenters. The minimum Gasteiger partial charge on any atom is -0.487 e. The summed E-state index contributed by atoms with van der Waals surface area (Å²) in [4.78, 5) is 10.5. The molecule has 0 aliphatic heterocycles. The predicted octanol–water partition coefficient (Wildman–Crippen LogP) is 6.90. The quantitative estimate of drug-likeness (QED) is 0.150. The van der Waals surface area contributed by atoms with Gasteiger partial charge in [-0.2, -0.15) is 5.26 Å². The maximum absolute atomic E-state index is 13.0. The molecule has 3 rings (SSSR count). The third kappa shape index (κ3) is 5.32. The van der Waals surface area contributed by atoms with E-state index in [-0.39, 0.29) is 23.7 Å². The van der Waals surface area contributed by atoms with E-state index >= 15 is 0 Å². The number of nitriles is 1. The molecule has 0 saturated heterocycles. The molecule has 0 bridgehead atoms. The number of nitro benzene ring substituents is 1. The molecule has 5 nitrogen and oxygen atoms in total. The van der Waals surface area contributed by atoms with Crippen molar-refractivity contribution in [3.8, 4) is 11.8 Å². The average Bonchev–Trinajstić information content (AvgIpc) is 2.72. The van der Waals surface area contributed by atoms with Crippen LogP contribution in [0.5, 0.6) is 5.75 Å². The van der Waals surface area contributed by atoms with Gasteiger partial charge in [0.25, 0.3) is 5.69 Å². The van der Waals surface area contributed by atoms with Crippen LogP contribution in [0.25, 0.3) is 11.6 Å². The van der Waals surface area contributed by atoms with Gasteiger partial charge in [-0.25, -0.2) is 4.39 Å². The molecule has 3 aromatic rings. The van der Waals surface area contributed by atoms with Gasteiger partial charge >= 0.3 is 0 Å². The Balaban J connectivity index is 1.86. The van der Waals surface area contributed by atoms with Crippen molar-refractivity contribution in [1.82, 2.24) is 0 Å². The largest absolute Gasteiger partial charge is 0.487 e. The van der Waals surface area contributed by atoms with Crippen LogP contribution in [-0.2, 0) is 6.61 Å². The first-order chi connectivity index (χ1) is 14.4. The van der Waals surface area contributed by atoms with Gasteiger partial charge in [0.05, 0.1) is 25.5 Å². The van der Waals surface area contributed by atoms with Crippen LogP contribution in [-0.4, -0.2) is 4.92 Å². The van der Waals surface area contributed by atoms with Crippen LogP contribution in [0.2, 0.25) is 0 Å². The van der Waals surface area contributed by atoms with Crippen LogP contribution in [0.15, 0.2) is 69.6 Å². The molecule has 0 aromatic heterocycles. The Labute approximate surface area is 188 Å². The summed E-state index contributed by atoms with van der Waals surface area (Å²) in [7, 11) is 0. The van der Waals surface area contributed by atoms with E-state index in [1.165, 1.54) is 30.3 Å². The molecule has 3 aromatic carbocycles. The molecule has 0 N–H and O–H groups in total. The summed E-state index contributed by atoms with van der Waals surface area (Å²) in [6, 6.07) is 17.6. The maximum Gasteiger partial charge on any atom is 0.270 e. The molecule has 150 valence electrons. The van der Waals surface area contributed by atoms with E-state index in [1.807, 2.05) is 0 Å². The van der Waals surface area contributed by atoms with E-state index in [9.17, 15) is 19.8 Å². The van der Waals surface area contributed by atoms with Crippen molar-refractivity contribution in [2.75, 3.05) is 0 Å². The molecule has 0 spiro atoms. The Hall–Kier alpha value is -3.02. The zero-order chi connectivity index (χ0) is 21.7. The summed E-state index contributed by atoms with van der Waals surface area (Å²) in [5.41, 5.74) is 2.18. The van der Waals surface area contributed by atoms with Gasteiger partial charge in [0.2, 0.25) is 0 Å². The lowest BCUT2D eigenvalue weighted by molar-refractivity contribution is -0.384. The second-order valence-corrected chi connectivity index (χ2v) is 7.91. The third-order valence-corrected chi connectivity index (χ3v) is 5.29. The second kappa shape index (κ2) is 9.65. The summed E-state index contributed by atoms with van der Waals surface area (Å²) < 4.78 is 20.2. The molecule has 0 radical (unpaired) electrons. The third-order valence-electron chi connectivity index (χ3n) is 4.12. The van der Waals surface area contributed by atoms with Crippen molar-refractivity contribution in [2.45, 2.75) is 6.61 Å². The molecular formula is C22H13Br2FN2O3. The fourth-order valence-electron chi connectivity index (χ4n) is 2.67. The first-order valence-electron chi connectivity index (χ1n) is 8.60. The highest BCUT2D eigenvalue weighted by atomic mass is 79.9. The number of hydrogen-bond acceptors (Lipinski definition) is 4. The monoisotopic (exact) mass is 530 g/mol. The average molecular weight is 532 g/mol. The Morgan fingerprint density at radius 1 is 1.13 bits per heavy atom. The Morgan fingerprint density at radius 3 is 2.40 bits per heavy atom. The first kappa shape index (κ1) is 21.7. The summed E-state index contributed by atoms with van der Waals surface area (Å²) in [5.74, 6) is 0.250. The van der Waals surface area contributed by atoms with Crippen molar-refractivity contribution >= 4 is 49.2 Å². The summed E-state index contributed by atoms with van der Waals surface area (Å²) in [6.07, 6.45) is 1.64. The lowest BCUT2D eigenvalue weighted by atomic mass is 10.0. The minimum atomic E-state index is -0.501. The van der Waals surface area contributed by atoms with E-state index in [4.69, 9.17) is 4.74 Å². The number of nitrogens with zero attached hydrogens (tertiary/aromatic N) is 2. The maximum atomic E-state index is 13.0. The Bertz CT molecular complexity index is 1150. The number of nitro groups is 1. The molecule has 30 heavy (non-hydrogen) atoms. The van der Waals surface area contributed by atoms with E-state index in [2.05, 4.69) is 37.9 Å². The number of ether oxygens (including phenoxy) is 1. The SMILES string of the molecule is N#C/C(=C/c1cc(Br)c(OCc2ccc(F)cc2)c(Br)c1)c1cccc([N+](=O)[O-])c1. The smallest absolute Gasteiger partial charge is 0.270 e. The fraction of sp³-hybridized carbons (Fsp3) is 0.0455. The molecule has 0 aliphatic carbocycles. The zero-order valence-electron chi connectivity index (χ0n) is 15.3. The van der Waals surface area contributed by atoms with Crippen LogP contribution >= 0.6 is 31.9 Å². The number of rotatable bonds is 6.